The topological polar surface area (TPSA) is 87.3 Å². The fourth-order valence-corrected chi connectivity index (χ4v) is 3.09. The van der Waals surface area contributed by atoms with Crippen LogP contribution in [0, 0.1) is 5.92 Å². The first-order valence-electron chi connectivity index (χ1n) is 13.0. The molecular formula is C25H51FN2O6. The summed E-state index contributed by atoms with van der Waals surface area (Å²) in [5.74, 6) is -0.181. The summed E-state index contributed by atoms with van der Waals surface area (Å²) in [5.41, 5.74) is 0. The van der Waals surface area contributed by atoms with Crippen LogP contribution in [0.25, 0.3) is 0 Å². The van der Waals surface area contributed by atoms with Crippen LogP contribution < -0.4 is 10.6 Å². The van der Waals surface area contributed by atoms with E-state index < -0.39 is 6.17 Å². The third kappa shape index (κ3) is 22.9. The molecule has 2 N–H and O–H groups in total. The Morgan fingerprint density at radius 3 is 1.82 bits per heavy atom. The highest BCUT2D eigenvalue weighted by Gasteiger charge is 2.14. The van der Waals surface area contributed by atoms with Crippen LogP contribution in [0.4, 0.5) is 4.39 Å². The van der Waals surface area contributed by atoms with Crippen molar-refractivity contribution >= 4 is 5.91 Å². The summed E-state index contributed by atoms with van der Waals surface area (Å²) in [5, 5.41) is 6.06. The number of hydrogen-bond acceptors (Lipinski definition) is 7. The Morgan fingerprint density at radius 2 is 1.29 bits per heavy atom. The van der Waals surface area contributed by atoms with Gasteiger partial charge in [0.2, 0.25) is 5.91 Å². The lowest BCUT2D eigenvalue weighted by molar-refractivity contribution is -0.125. The molecular weight excluding hydrogens is 443 g/mol. The largest absolute Gasteiger partial charge is 0.378 e. The molecule has 0 aromatic rings. The zero-order valence-corrected chi connectivity index (χ0v) is 22.1. The first kappa shape index (κ1) is 33.2. The van der Waals surface area contributed by atoms with Crippen molar-refractivity contribution in [3.05, 3.63) is 0 Å². The average molecular weight is 495 g/mol. The molecule has 0 spiro atoms. The quantitative estimate of drug-likeness (QED) is 0.179. The lowest BCUT2D eigenvalue weighted by Gasteiger charge is -2.14. The van der Waals surface area contributed by atoms with Gasteiger partial charge in [-0.15, -0.1) is 0 Å². The summed E-state index contributed by atoms with van der Waals surface area (Å²) in [6.07, 6.45) is 4.03. The maximum atomic E-state index is 13.8. The zero-order chi connectivity index (χ0) is 25.3. The highest BCUT2D eigenvalue weighted by molar-refractivity contribution is 5.78. The van der Waals surface area contributed by atoms with Crippen LogP contribution in [0.3, 0.4) is 0 Å². The van der Waals surface area contributed by atoms with Gasteiger partial charge in [-0.2, -0.15) is 0 Å². The maximum absolute atomic E-state index is 13.8. The average Bonchev–Trinajstić information content (AvgIpc) is 2.82. The summed E-state index contributed by atoms with van der Waals surface area (Å²) >= 11 is 0. The van der Waals surface area contributed by atoms with Crippen molar-refractivity contribution in [2.75, 3.05) is 79.2 Å². The van der Waals surface area contributed by atoms with Crippen molar-refractivity contribution < 1.29 is 32.9 Å². The van der Waals surface area contributed by atoms with Crippen LogP contribution in [0.2, 0.25) is 0 Å². The molecule has 3 unspecified atom stereocenters. The summed E-state index contributed by atoms with van der Waals surface area (Å²) < 4.78 is 40.8. The normalized spacial score (nSPS) is 14.1. The zero-order valence-electron chi connectivity index (χ0n) is 22.1. The Hall–Kier alpha value is -0.840. The Labute approximate surface area is 206 Å². The lowest BCUT2D eigenvalue weighted by Crippen LogP contribution is -2.35. The fraction of sp³-hybridized carbons (Fsp3) is 0.960. The van der Waals surface area contributed by atoms with Crippen LogP contribution in [0.5, 0.6) is 0 Å². The van der Waals surface area contributed by atoms with Crippen molar-refractivity contribution in [2.45, 2.75) is 72.0 Å². The molecule has 0 fully saturated rings. The highest BCUT2D eigenvalue weighted by Crippen LogP contribution is 2.07. The third-order valence-electron chi connectivity index (χ3n) is 5.18. The predicted octanol–water partition coefficient (Wildman–Crippen LogP) is 3.13. The molecule has 0 saturated heterocycles. The van der Waals surface area contributed by atoms with Gasteiger partial charge in [0.25, 0.3) is 0 Å². The van der Waals surface area contributed by atoms with Crippen LogP contribution >= 0.6 is 0 Å². The van der Waals surface area contributed by atoms with Crippen molar-refractivity contribution in [1.82, 2.24) is 10.6 Å². The van der Waals surface area contributed by atoms with E-state index in [1.807, 2.05) is 6.92 Å². The van der Waals surface area contributed by atoms with E-state index in [0.717, 1.165) is 25.8 Å². The van der Waals surface area contributed by atoms with E-state index in [1.54, 1.807) is 0 Å². The van der Waals surface area contributed by atoms with Gasteiger partial charge >= 0.3 is 0 Å². The molecule has 0 heterocycles. The monoisotopic (exact) mass is 494 g/mol. The van der Waals surface area contributed by atoms with Crippen molar-refractivity contribution in [2.24, 2.45) is 5.92 Å². The Kier molecular flexibility index (Phi) is 24.6. The van der Waals surface area contributed by atoms with E-state index in [-0.39, 0.29) is 25.0 Å². The molecule has 9 heteroatoms. The molecule has 0 radical (unpaired) electrons. The number of amides is 1. The van der Waals surface area contributed by atoms with Gasteiger partial charge in [-0.05, 0) is 19.8 Å². The van der Waals surface area contributed by atoms with Gasteiger partial charge in [-0.25, -0.2) is 4.39 Å². The summed E-state index contributed by atoms with van der Waals surface area (Å²) in [4.78, 5) is 11.8. The minimum Gasteiger partial charge on any atom is -0.378 e. The summed E-state index contributed by atoms with van der Waals surface area (Å²) in [6, 6.07) is 0.537. The lowest BCUT2D eigenvalue weighted by atomic mass is 10.0. The number of carbonyl (C=O) groups excluding carboxylic acids is 1. The van der Waals surface area contributed by atoms with Gasteiger partial charge in [0, 0.05) is 18.5 Å². The number of alkyl halides is 1. The Bertz CT molecular complexity index is 448. The number of rotatable bonds is 26. The van der Waals surface area contributed by atoms with E-state index in [2.05, 4.69) is 31.4 Å². The summed E-state index contributed by atoms with van der Waals surface area (Å²) in [6.45, 7) is 13.5. The van der Waals surface area contributed by atoms with Crippen LogP contribution in [-0.4, -0.2) is 97.3 Å². The number of hydrogen-bond donors (Lipinski definition) is 2. The molecule has 0 aromatic heterocycles. The van der Waals surface area contributed by atoms with E-state index >= 15 is 0 Å². The molecule has 0 aromatic carbocycles. The second-order valence-corrected chi connectivity index (χ2v) is 8.55. The van der Waals surface area contributed by atoms with Gasteiger partial charge in [0.1, 0.15) is 6.17 Å². The molecule has 0 aliphatic rings. The molecule has 0 aliphatic heterocycles. The van der Waals surface area contributed by atoms with Crippen LogP contribution in [0.1, 0.15) is 59.8 Å². The van der Waals surface area contributed by atoms with Crippen LogP contribution in [0.15, 0.2) is 0 Å². The minimum atomic E-state index is -1.22. The fourth-order valence-electron chi connectivity index (χ4n) is 3.09. The number of unbranched alkanes of at least 4 members (excludes halogenated alkanes) is 1. The number of halogens is 1. The third-order valence-corrected chi connectivity index (χ3v) is 5.18. The second-order valence-electron chi connectivity index (χ2n) is 8.55. The molecule has 0 rings (SSSR count). The van der Waals surface area contributed by atoms with E-state index in [9.17, 15) is 9.18 Å². The predicted molar refractivity (Wildman–Crippen MR) is 133 cm³/mol. The van der Waals surface area contributed by atoms with Crippen LogP contribution in [-0.2, 0) is 28.5 Å². The van der Waals surface area contributed by atoms with Gasteiger partial charge in [-0.3, -0.25) is 4.79 Å². The molecule has 8 nitrogen and oxygen atoms in total. The molecule has 34 heavy (non-hydrogen) atoms. The molecule has 0 aliphatic carbocycles. The Balaban J connectivity index is 3.28. The standard InChI is InChI=1S/C25H51FN2O6/c1-5-7-9-22(3)25(29)28-20-24(26)21-34-19-18-33-17-16-32-15-14-31-13-12-30-11-10-27-23(4)8-6-2/h22-24,27H,5-21H2,1-4H3,(H,28,29). The maximum Gasteiger partial charge on any atom is 0.222 e. The smallest absolute Gasteiger partial charge is 0.222 e. The van der Waals surface area contributed by atoms with Crippen molar-refractivity contribution in [1.29, 1.82) is 0 Å². The number of nitrogens with one attached hydrogen (secondary N) is 2. The number of ether oxygens (including phenoxy) is 5. The second kappa shape index (κ2) is 25.3. The molecule has 3 atom stereocenters. The first-order valence-corrected chi connectivity index (χ1v) is 13.0. The summed E-state index contributed by atoms with van der Waals surface area (Å²) in [7, 11) is 0. The molecule has 0 bridgehead atoms. The van der Waals surface area contributed by atoms with E-state index in [4.69, 9.17) is 23.7 Å². The van der Waals surface area contributed by atoms with E-state index in [1.165, 1.54) is 12.8 Å². The molecule has 1 amide bonds. The van der Waals surface area contributed by atoms with Gasteiger partial charge < -0.3 is 34.3 Å². The van der Waals surface area contributed by atoms with Crippen molar-refractivity contribution in [3.8, 4) is 0 Å². The highest BCUT2D eigenvalue weighted by atomic mass is 19.1. The van der Waals surface area contributed by atoms with Crippen molar-refractivity contribution in [3.63, 3.8) is 0 Å². The van der Waals surface area contributed by atoms with Gasteiger partial charge in [0.15, 0.2) is 0 Å². The minimum absolute atomic E-state index is 0.0201. The van der Waals surface area contributed by atoms with E-state index in [0.29, 0.717) is 65.5 Å². The first-order chi connectivity index (χ1) is 16.5. The SMILES string of the molecule is CCCCC(C)C(=O)NCC(F)COCCOCCOCCOCCOCCNC(C)CCC. The molecule has 204 valence electrons. The Morgan fingerprint density at radius 1 is 0.765 bits per heavy atom. The molecule has 0 saturated carbocycles. The van der Waals surface area contributed by atoms with Gasteiger partial charge in [0.05, 0.1) is 72.6 Å². The number of carbonyl (C=O) groups is 1. The van der Waals surface area contributed by atoms with Gasteiger partial charge in [-0.1, -0.05) is 40.0 Å².